The lowest BCUT2D eigenvalue weighted by atomic mass is 10.1. The Morgan fingerprint density at radius 3 is 1.64 bits per heavy atom. The van der Waals surface area contributed by atoms with Gasteiger partial charge in [0.2, 0.25) is 0 Å². The lowest BCUT2D eigenvalue weighted by molar-refractivity contribution is 0.451. The van der Waals surface area contributed by atoms with Crippen LogP contribution < -0.4 is 0 Å². The molecule has 0 amide bonds. The third-order valence-corrected chi connectivity index (χ3v) is 4.75. The summed E-state index contributed by atoms with van der Waals surface area (Å²) in [5.74, 6) is -0.0384. The summed E-state index contributed by atoms with van der Waals surface area (Å²) in [7, 11) is -1.67. The average Bonchev–Trinajstić information content (AvgIpc) is 2.51. The van der Waals surface area contributed by atoms with Crippen LogP contribution in [0.1, 0.15) is 11.1 Å². The Kier molecular flexibility index (Phi) is 5.17. The van der Waals surface area contributed by atoms with Crippen LogP contribution in [0.15, 0.2) is 71.5 Å². The Morgan fingerprint density at radius 2 is 1.27 bits per heavy atom. The number of para-hydroxylation sites is 2. The van der Waals surface area contributed by atoms with E-state index in [1.807, 2.05) is 0 Å². The molecule has 0 aliphatic heterocycles. The Morgan fingerprint density at radius 1 is 0.864 bits per heavy atom. The molecule has 2 N–H and O–H groups in total. The molecule has 0 saturated carbocycles. The third kappa shape index (κ3) is 3.12. The summed E-state index contributed by atoms with van der Waals surface area (Å²) in [5.41, 5.74) is 1.31. The van der Waals surface area contributed by atoms with Gasteiger partial charge in [0.15, 0.2) is 0 Å². The van der Waals surface area contributed by atoms with E-state index in [1.54, 1.807) is 48.6 Å². The molecule has 2 aromatic carbocycles. The average molecular weight is 314 g/mol. The fourth-order valence-electron chi connectivity index (χ4n) is 2.19. The van der Waals surface area contributed by atoms with Gasteiger partial charge >= 0.3 is 0 Å². The van der Waals surface area contributed by atoms with Crippen molar-refractivity contribution in [1.82, 2.24) is 0 Å². The summed E-state index contributed by atoms with van der Waals surface area (Å²) >= 11 is 0. The van der Waals surface area contributed by atoms with Gasteiger partial charge < -0.3 is 10.2 Å². The van der Waals surface area contributed by atoms with Crippen molar-refractivity contribution in [3.05, 3.63) is 72.8 Å². The van der Waals surface area contributed by atoms with Crippen LogP contribution in [-0.4, -0.2) is 14.4 Å². The van der Waals surface area contributed by atoms with Crippen molar-refractivity contribution in [2.75, 3.05) is 0 Å². The van der Waals surface area contributed by atoms with Crippen LogP contribution in [0.4, 0.5) is 0 Å². The maximum atomic E-state index is 12.7. The minimum absolute atomic E-state index is 0.0192. The second-order valence-corrected chi connectivity index (χ2v) is 6.20. The van der Waals surface area contributed by atoms with Crippen molar-refractivity contribution < 1.29 is 14.4 Å². The first-order valence-corrected chi connectivity index (χ1v) is 8.00. The predicted molar refractivity (Wildman–Crippen MR) is 88.7 cm³/mol. The molecular formula is C18H18O3S. The summed E-state index contributed by atoms with van der Waals surface area (Å²) in [6.07, 6.45) is 4.31. The summed E-state index contributed by atoms with van der Waals surface area (Å²) in [6.45, 7) is 7.28. The van der Waals surface area contributed by atoms with Gasteiger partial charge in [0, 0.05) is 0 Å². The predicted octanol–water partition coefficient (Wildman–Crippen LogP) is 3.72. The smallest absolute Gasteiger partial charge is 0.135 e. The zero-order chi connectivity index (χ0) is 16.1. The number of aromatic hydroxyl groups is 2. The van der Waals surface area contributed by atoms with Crippen molar-refractivity contribution in [3.8, 4) is 11.5 Å². The molecule has 0 fully saturated rings. The molecule has 2 aromatic rings. The van der Waals surface area contributed by atoms with E-state index in [2.05, 4.69) is 13.2 Å². The van der Waals surface area contributed by atoms with Gasteiger partial charge in [-0.2, -0.15) is 0 Å². The molecule has 0 radical (unpaired) electrons. The monoisotopic (exact) mass is 314 g/mol. The Balaban J connectivity index is 2.49. The highest BCUT2D eigenvalue weighted by Crippen LogP contribution is 2.34. The standard InChI is InChI=1S/C18H18O3S/c1-3-7-13-9-5-11-15(17(13)19)22(21)16-12-6-10-14(8-4-2)18(16)20/h3-6,9-12,19-20H,1-2,7-8H2. The second-order valence-electron chi connectivity index (χ2n) is 4.78. The van der Waals surface area contributed by atoms with Crippen molar-refractivity contribution in [2.45, 2.75) is 22.6 Å². The Bertz CT molecular complexity index is 674. The SMILES string of the molecule is C=CCc1cccc(S(=O)c2cccc(CC=C)c2O)c1O. The highest BCUT2D eigenvalue weighted by atomic mass is 32.2. The maximum Gasteiger partial charge on any atom is 0.135 e. The molecule has 0 aliphatic rings. The van der Waals surface area contributed by atoms with Crippen molar-refractivity contribution in [3.63, 3.8) is 0 Å². The highest BCUT2D eigenvalue weighted by molar-refractivity contribution is 7.85. The molecule has 0 spiro atoms. The molecule has 2 rings (SSSR count). The van der Waals surface area contributed by atoms with Gasteiger partial charge in [-0.15, -0.1) is 13.2 Å². The first kappa shape index (κ1) is 16.0. The topological polar surface area (TPSA) is 57.5 Å². The fourth-order valence-corrected chi connectivity index (χ4v) is 3.45. The van der Waals surface area contributed by atoms with Gasteiger partial charge in [-0.3, -0.25) is 0 Å². The van der Waals surface area contributed by atoms with Crippen molar-refractivity contribution in [1.29, 1.82) is 0 Å². The van der Waals surface area contributed by atoms with Crippen LogP contribution in [-0.2, 0) is 23.6 Å². The van der Waals surface area contributed by atoms with Crippen molar-refractivity contribution >= 4 is 10.8 Å². The second kappa shape index (κ2) is 7.09. The summed E-state index contributed by atoms with van der Waals surface area (Å²) in [5, 5.41) is 20.6. The minimum Gasteiger partial charge on any atom is -0.506 e. The molecule has 0 aliphatic carbocycles. The van der Waals surface area contributed by atoms with Gasteiger partial charge in [0.1, 0.15) is 11.5 Å². The van der Waals surface area contributed by atoms with Crippen LogP contribution >= 0.6 is 0 Å². The van der Waals surface area contributed by atoms with Gasteiger partial charge in [0.05, 0.1) is 20.6 Å². The normalized spacial score (nSPS) is 10.6. The number of allylic oxidation sites excluding steroid dienone is 2. The van der Waals surface area contributed by atoms with E-state index in [0.717, 1.165) is 0 Å². The van der Waals surface area contributed by atoms with E-state index in [4.69, 9.17) is 0 Å². The molecular weight excluding hydrogens is 296 g/mol. The molecule has 4 heteroatoms. The van der Waals surface area contributed by atoms with E-state index >= 15 is 0 Å². The Hall–Kier alpha value is -2.33. The minimum atomic E-state index is -1.67. The first-order valence-electron chi connectivity index (χ1n) is 6.85. The van der Waals surface area contributed by atoms with Gasteiger partial charge in [-0.25, -0.2) is 4.21 Å². The summed E-state index contributed by atoms with van der Waals surface area (Å²) < 4.78 is 12.7. The number of rotatable bonds is 6. The Labute approximate surface area is 132 Å². The van der Waals surface area contributed by atoms with Gasteiger partial charge in [-0.05, 0) is 36.1 Å². The van der Waals surface area contributed by atoms with Gasteiger partial charge in [0.25, 0.3) is 0 Å². The largest absolute Gasteiger partial charge is 0.506 e. The highest BCUT2D eigenvalue weighted by Gasteiger charge is 2.18. The first-order chi connectivity index (χ1) is 10.6. The van der Waals surface area contributed by atoms with Gasteiger partial charge in [-0.1, -0.05) is 36.4 Å². The summed E-state index contributed by atoms with van der Waals surface area (Å²) in [4.78, 5) is 0.566. The molecule has 0 atom stereocenters. The van der Waals surface area contributed by atoms with Crippen LogP contribution in [0.3, 0.4) is 0 Å². The number of benzene rings is 2. The molecule has 0 unspecified atom stereocenters. The van der Waals surface area contributed by atoms with E-state index in [1.165, 1.54) is 0 Å². The van der Waals surface area contributed by atoms with Crippen LogP contribution in [0, 0.1) is 0 Å². The number of hydrogen-bond donors (Lipinski definition) is 2. The lowest BCUT2D eigenvalue weighted by Gasteiger charge is -2.11. The molecule has 3 nitrogen and oxygen atoms in total. The maximum absolute atomic E-state index is 12.7. The summed E-state index contributed by atoms with van der Waals surface area (Å²) in [6, 6.07) is 10.2. The van der Waals surface area contributed by atoms with Crippen LogP contribution in [0.25, 0.3) is 0 Å². The molecule has 0 bridgehead atoms. The van der Waals surface area contributed by atoms with Crippen molar-refractivity contribution in [2.24, 2.45) is 0 Å². The number of phenolic OH excluding ortho intramolecular Hbond substituents is 2. The number of hydrogen-bond acceptors (Lipinski definition) is 3. The molecule has 0 aromatic heterocycles. The zero-order valence-corrected chi connectivity index (χ0v) is 13.0. The molecule has 0 heterocycles. The molecule has 114 valence electrons. The third-order valence-electron chi connectivity index (χ3n) is 3.29. The van der Waals surface area contributed by atoms with Crippen LogP contribution in [0.5, 0.6) is 11.5 Å². The zero-order valence-electron chi connectivity index (χ0n) is 12.2. The quantitative estimate of drug-likeness (QED) is 0.799. The number of phenols is 2. The lowest BCUT2D eigenvalue weighted by Crippen LogP contribution is -1.98. The van der Waals surface area contributed by atoms with E-state index < -0.39 is 10.8 Å². The fraction of sp³-hybridized carbons (Fsp3) is 0.111. The van der Waals surface area contributed by atoms with E-state index in [9.17, 15) is 14.4 Å². The molecule has 22 heavy (non-hydrogen) atoms. The van der Waals surface area contributed by atoms with E-state index in [0.29, 0.717) is 24.0 Å². The molecule has 0 saturated heterocycles. The van der Waals surface area contributed by atoms with E-state index in [-0.39, 0.29) is 21.3 Å². The van der Waals surface area contributed by atoms with Crippen LogP contribution in [0.2, 0.25) is 0 Å².